The summed E-state index contributed by atoms with van der Waals surface area (Å²) in [6, 6.07) is 11.8. The molecule has 1 aliphatic rings. The van der Waals surface area contributed by atoms with Crippen molar-refractivity contribution in [2.75, 3.05) is 19.7 Å². The number of halogens is 1. The molecule has 1 heterocycles. The first-order valence-corrected chi connectivity index (χ1v) is 9.04. The van der Waals surface area contributed by atoms with Crippen molar-refractivity contribution in [1.29, 1.82) is 0 Å². The summed E-state index contributed by atoms with van der Waals surface area (Å²) >= 11 is 0. The van der Waals surface area contributed by atoms with Gasteiger partial charge in [-0.15, -0.1) is 0 Å². The summed E-state index contributed by atoms with van der Waals surface area (Å²) in [6.45, 7) is 0.855. The van der Waals surface area contributed by atoms with Crippen LogP contribution in [0.4, 0.5) is 4.39 Å². The van der Waals surface area contributed by atoms with Gasteiger partial charge in [-0.3, -0.25) is 14.4 Å². The van der Waals surface area contributed by atoms with Gasteiger partial charge in [-0.25, -0.2) is 4.39 Å². The molecular weight excluding hydrogens is 363 g/mol. The molecule has 2 aromatic rings. The molecule has 0 spiro atoms. The fourth-order valence-electron chi connectivity index (χ4n) is 3.12. The fourth-order valence-corrected chi connectivity index (χ4v) is 3.12. The number of hydrogen-bond donors (Lipinski definition) is 1. The Balaban J connectivity index is 1.52. The Kier molecular flexibility index (Phi) is 6.03. The molecule has 2 N–H and O–H groups in total. The highest BCUT2D eigenvalue weighted by atomic mass is 19.1. The first-order chi connectivity index (χ1) is 13.4. The maximum absolute atomic E-state index is 13.0. The number of likely N-dealkylation sites (tertiary alicyclic amines) is 1. The quantitative estimate of drug-likeness (QED) is 0.773. The first-order valence-electron chi connectivity index (χ1n) is 9.04. The zero-order valence-electron chi connectivity index (χ0n) is 15.3. The predicted molar refractivity (Wildman–Crippen MR) is 100 cm³/mol. The maximum atomic E-state index is 13.0. The molecule has 1 saturated heterocycles. The second-order valence-corrected chi connectivity index (χ2v) is 6.71. The average molecular weight is 384 g/mol. The minimum atomic E-state index is -0.399. The van der Waals surface area contributed by atoms with E-state index in [0.29, 0.717) is 42.8 Å². The Morgan fingerprint density at radius 2 is 1.50 bits per heavy atom. The molecule has 2 amide bonds. The number of ketones is 1. The highest BCUT2D eigenvalue weighted by Crippen LogP contribution is 2.18. The number of carbonyl (C=O) groups excluding carboxylic acids is 3. The van der Waals surface area contributed by atoms with Crippen LogP contribution in [-0.4, -0.2) is 42.2 Å². The topological polar surface area (TPSA) is 89.7 Å². The number of rotatable bonds is 6. The van der Waals surface area contributed by atoms with E-state index in [1.807, 2.05) is 0 Å². The smallest absolute Gasteiger partial charge is 0.260 e. The van der Waals surface area contributed by atoms with Crippen molar-refractivity contribution in [3.63, 3.8) is 0 Å². The summed E-state index contributed by atoms with van der Waals surface area (Å²) in [5.41, 5.74) is 6.13. The number of amides is 2. The van der Waals surface area contributed by atoms with Gasteiger partial charge in [-0.05, 0) is 61.4 Å². The van der Waals surface area contributed by atoms with Crippen LogP contribution in [0.5, 0.6) is 5.75 Å². The third-order valence-electron chi connectivity index (χ3n) is 4.84. The van der Waals surface area contributed by atoms with Gasteiger partial charge in [-0.2, -0.15) is 0 Å². The second kappa shape index (κ2) is 8.65. The molecule has 3 rings (SSSR count). The van der Waals surface area contributed by atoms with E-state index in [1.165, 1.54) is 24.3 Å². The van der Waals surface area contributed by atoms with Gasteiger partial charge in [-0.1, -0.05) is 0 Å². The van der Waals surface area contributed by atoms with Crippen LogP contribution in [0.1, 0.15) is 28.8 Å². The van der Waals surface area contributed by atoms with E-state index < -0.39 is 5.82 Å². The Bertz CT molecular complexity index is 857. The normalized spacial score (nSPS) is 14.5. The second-order valence-electron chi connectivity index (χ2n) is 6.71. The number of nitrogens with zero attached hydrogens (tertiary/aromatic N) is 1. The monoisotopic (exact) mass is 384 g/mol. The lowest BCUT2D eigenvalue weighted by atomic mass is 9.96. The molecular formula is C21H21FN2O4. The molecule has 0 aromatic heterocycles. The summed E-state index contributed by atoms with van der Waals surface area (Å²) in [7, 11) is 0. The third-order valence-corrected chi connectivity index (χ3v) is 4.84. The molecule has 2 aromatic carbocycles. The number of carbonyl (C=O) groups is 3. The number of hydrogen-bond acceptors (Lipinski definition) is 4. The van der Waals surface area contributed by atoms with E-state index in [9.17, 15) is 18.8 Å². The number of ether oxygens (including phenoxy) is 1. The van der Waals surface area contributed by atoms with Gasteiger partial charge in [0.25, 0.3) is 5.91 Å². The number of benzene rings is 2. The molecule has 0 unspecified atom stereocenters. The first kappa shape index (κ1) is 19.5. The summed E-state index contributed by atoms with van der Waals surface area (Å²) in [5.74, 6) is -0.802. The molecule has 7 heteroatoms. The molecule has 1 fully saturated rings. The van der Waals surface area contributed by atoms with Gasteiger partial charge >= 0.3 is 0 Å². The van der Waals surface area contributed by atoms with Crippen molar-refractivity contribution < 1.29 is 23.5 Å². The van der Waals surface area contributed by atoms with Crippen LogP contribution >= 0.6 is 0 Å². The molecule has 0 saturated carbocycles. The van der Waals surface area contributed by atoms with Crippen LogP contribution < -0.4 is 10.5 Å². The van der Waals surface area contributed by atoms with Crippen LogP contribution in [0.3, 0.4) is 0 Å². The Labute approximate surface area is 162 Å². The van der Waals surface area contributed by atoms with Gasteiger partial charge in [0.05, 0.1) is 0 Å². The standard InChI is InChI=1S/C21H21FN2O4/c22-17-5-1-14(2-6-17)20(26)15-3-7-18(8-4-15)28-13-19(25)24-11-9-16(10-12-24)21(23)27/h1-8,16H,9-13H2,(H2,23,27). The van der Waals surface area contributed by atoms with Crippen molar-refractivity contribution in [2.24, 2.45) is 11.7 Å². The molecule has 0 radical (unpaired) electrons. The molecule has 146 valence electrons. The van der Waals surface area contributed by atoms with E-state index in [1.54, 1.807) is 29.2 Å². The van der Waals surface area contributed by atoms with E-state index in [-0.39, 0.29) is 30.1 Å². The molecule has 0 aliphatic carbocycles. The van der Waals surface area contributed by atoms with E-state index >= 15 is 0 Å². The Morgan fingerprint density at radius 3 is 2.04 bits per heavy atom. The zero-order valence-corrected chi connectivity index (χ0v) is 15.3. The lowest BCUT2D eigenvalue weighted by Gasteiger charge is -2.30. The lowest BCUT2D eigenvalue weighted by molar-refractivity contribution is -0.136. The molecule has 1 aliphatic heterocycles. The zero-order chi connectivity index (χ0) is 20.1. The van der Waals surface area contributed by atoms with Crippen molar-refractivity contribution in [1.82, 2.24) is 4.90 Å². The van der Waals surface area contributed by atoms with Crippen LogP contribution in [0.25, 0.3) is 0 Å². The van der Waals surface area contributed by atoms with Gasteiger partial charge in [0.15, 0.2) is 12.4 Å². The van der Waals surface area contributed by atoms with Gasteiger partial charge in [0.2, 0.25) is 5.91 Å². The summed E-state index contributed by atoms with van der Waals surface area (Å²) < 4.78 is 18.5. The Hall–Kier alpha value is -3.22. The van der Waals surface area contributed by atoms with Crippen LogP contribution in [0, 0.1) is 11.7 Å². The van der Waals surface area contributed by atoms with Crippen LogP contribution in [-0.2, 0) is 9.59 Å². The fraction of sp³-hybridized carbons (Fsp3) is 0.286. The number of primary amides is 1. The van der Waals surface area contributed by atoms with Crippen molar-refractivity contribution >= 4 is 17.6 Å². The SMILES string of the molecule is NC(=O)C1CCN(C(=O)COc2ccc(C(=O)c3ccc(F)cc3)cc2)CC1. The summed E-state index contributed by atoms with van der Waals surface area (Å²) in [5, 5.41) is 0. The van der Waals surface area contributed by atoms with E-state index in [2.05, 4.69) is 0 Å². The van der Waals surface area contributed by atoms with Crippen molar-refractivity contribution in [3.05, 3.63) is 65.5 Å². The number of nitrogens with two attached hydrogens (primary N) is 1. The minimum Gasteiger partial charge on any atom is -0.484 e. The summed E-state index contributed by atoms with van der Waals surface area (Å²) in [4.78, 5) is 37.4. The maximum Gasteiger partial charge on any atom is 0.260 e. The van der Waals surface area contributed by atoms with Crippen LogP contribution in [0.2, 0.25) is 0 Å². The van der Waals surface area contributed by atoms with E-state index in [4.69, 9.17) is 10.5 Å². The van der Waals surface area contributed by atoms with Crippen molar-refractivity contribution in [2.45, 2.75) is 12.8 Å². The Morgan fingerprint density at radius 1 is 0.964 bits per heavy atom. The van der Waals surface area contributed by atoms with Gasteiger partial charge in [0.1, 0.15) is 11.6 Å². The third kappa shape index (κ3) is 4.73. The molecule has 6 nitrogen and oxygen atoms in total. The van der Waals surface area contributed by atoms with E-state index in [0.717, 1.165) is 0 Å². The summed E-state index contributed by atoms with van der Waals surface area (Å²) in [6.07, 6.45) is 1.14. The largest absolute Gasteiger partial charge is 0.484 e. The number of piperidine rings is 1. The highest BCUT2D eigenvalue weighted by Gasteiger charge is 2.25. The average Bonchev–Trinajstić information content (AvgIpc) is 2.72. The lowest BCUT2D eigenvalue weighted by Crippen LogP contribution is -2.43. The van der Waals surface area contributed by atoms with Crippen LogP contribution in [0.15, 0.2) is 48.5 Å². The van der Waals surface area contributed by atoms with Gasteiger partial charge in [0, 0.05) is 30.1 Å². The molecule has 28 heavy (non-hydrogen) atoms. The van der Waals surface area contributed by atoms with Crippen molar-refractivity contribution in [3.8, 4) is 5.75 Å². The van der Waals surface area contributed by atoms with Gasteiger partial charge < -0.3 is 15.4 Å². The molecule has 0 atom stereocenters. The highest BCUT2D eigenvalue weighted by molar-refractivity contribution is 6.09. The molecule has 0 bridgehead atoms. The minimum absolute atomic E-state index is 0.119. The predicted octanol–water partition coefficient (Wildman–Crippen LogP) is 2.16.